The third-order valence-corrected chi connectivity index (χ3v) is 4.11. The number of H-pyrrole nitrogens is 1. The summed E-state index contributed by atoms with van der Waals surface area (Å²) in [5, 5.41) is 17.8. The van der Waals surface area contributed by atoms with E-state index in [-0.39, 0.29) is 11.9 Å². The van der Waals surface area contributed by atoms with Gasteiger partial charge in [-0.3, -0.25) is 14.3 Å². The number of aliphatic hydroxyl groups excluding tert-OH is 2. The van der Waals surface area contributed by atoms with E-state index < -0.39 is 28.5 Å². The van der Waals surface area contributed by atoms with E-state index in [0.717, 1.165) is 10.8 Å². The van der Waals surface area contributed by atoms with Crippen molar-refractivity contribution in [1.29, 1.82) is 0 Å². The average molecular weight is 262 g/mol. The van der Waals surface area contributed by atoms with Gasteiger partial charge in [-0.2, -0.15) is 4.39 Å². The summed E-state index contributed by atoms with van der Waals surface area (Å²) in [4.78, 5) is 24.2. The first-order chi connectivity index (χ1) is 8.02. The Labute approximate surface area is 99.1 Å². The fraction of sp³-hybridized carbons (Fsp3) is 0.556. The van der Waals surface area contributed by atoms with Crippen molar-refractivity contribution in [3.05, 3.63) is 32.9 Å². The maximum Gasteiger partial charge on any atom is 0.329 e. The van der Waals surface area contributed by atoms with Gasteiger partial charge in [0.2, 0.25) is 5.82 Å². The first-order valence-corrected chi connectivity index (χ1v) is 5.92. The highest BCUT2D eigenvalue weighted by Gasteiger charge is 2.35. The van der Waals surface area contributed by atoms with Crippen LogP contribution in [-0.4, -0.2) is 37.7 Å². The zero-order chi connectivity index (χ0) is 12.6. The van der Waals surface area contributed by atoms with Crippen LogP contribution in [0, 0.1) is 5.82 Å². The number of hydrogen-bond donors (Lipinski definition) is 3. The molecule has 2 rings (SSSR count). The number of aliphatic hydroxyl groups is 2. The summed E-state index contributed by atoms with van der Waals surface area (Å²) in [6, 6.07) is 0. The van der Waals surface area contributed by atoms with Crippen LogP contribution in [0.2, 0.25) is 0 Å². The monoisotopic (exact) mass is 262 g/mol. The fourth-order valence-electron chi connectivity index (χ4n) is 1.75. The number of halogens is 1. The highest BCUT2D eigenvalue weighted by atomic mass is 32.2. The first-order valence-electron chi connectivity index (χ1n) is 4.98. The minimum Gasteiger partial charge on any atom is -0.395 e. The molecule has 0 spiro atoms. The van der Waals surface area contributed by atoms with Gasteiger partial charge in [0, 0.05) is 5.25 Å². The van der Waals surface area contributed by atoms with E-state index in [4.69, 9.17) is 5.11 Å². The third kappa shape index (κ3) is 2.28. The zero-order valence-corrected chi connectivity index (χ0v) is 9.48. The van der Waals surface area contributed by atoms with Crippen LogP contribution < -0.4 is 11.2 Å². The van der Waals surface area contributed by atoms with Crippen LogP contribution in [0.1, 0.15) is 11.8 Å². The van der Waals surface area contributed by atoms with Crippen LogP contribution in [0.25, 0.3) is 0 Å². The summed E-state index contributed by atoms with van der Waals surface area (Å²) in [6.45, 7) is -0.126. The first kappa shape index (κ1) is 12.3. The molecular weight excluding hydrogens is 251 g/mol. The average Bonchev–Trinajstić information content (AvgIpc) is 2.65. The van der Waals surface area contributed by atoms with Gasteiger partial charge < -0.3 is 10.2 Å². The topological polar surface area (TPSA) is 95.3 Å². The van der Waals surface area contributed by atoms with Crippen LogP contribution >= 0.6 is 11.8 Å². The lowest BCUT2D eigenvalue weighted by molar-refractivity contribution is 0.141. The molecule has 0 radical (unpaired) electrons. The van der Waals surface area contributed by atoms with Crippen molar-refractivity contribution in [3.63, 3.8) is 0 Å². The van der Waals surface area contributed by atoms with Gasteiger partial charge >= 0.3 is 5.69 Å². The van der Waals surface area contributed by atoms with Gasteiger partial charge in [-0.1, -0.05) is 0 Å². The van der Waals surface area contributed by atoms with Crippen LogP contribution in [0.5, 0.6) is 0 Å². The van der Waals surface area contributed by atoms with Gasteiger partial charge in [-0.15, -0.1) is 11.8 Å². The summed E-state index contributed by atoms with van der Waals surface area (Å²) in [6.07, 6.45) is 0.237. The summed E-state index contributed by atoms with van der Waals surface area (Å²) in [5.74, 6) is -1.08. The molecule has 1 aliphatic rings. The molecule has 94 valence electrons. The van der Waals surface area contributed by atoms with Gasteiger partial charge in [0.1, 0.15) is 5.37 Å². The second-order valence-corrected chi connectivity index (χ2v) is 5.20. The minimum absolute atomic E-state index is 0.126. The largest absolute Gasteiger partial charge is 0.395 e. The Kier molecular flexibility index (Phi) is 3.36. The molecular formula is C9H11FN2O4S. The molecule has 0 amide bonds. The van der Waals surface area contributed by atoms with Gasteiger partial charge in [-0.05, 0) is 6.42 Å². The van der Waals surface area contributed by atoms with Crippen molar-refractivity contribution < 1.29 is 14.6 Å². The second kappa shape index (κ2) is 4.63. The molecule has 0 unspecified atom stereocenters. The minimum atomic E-state index is -1.08. The van der Waals surface area contributed by atoms with Crippen LogP contribution in [-0.2, 0) is 0 Å². The highest BCUT2D eigenvalue weighted by molar-refractivity contribution is 8.00. The molecule has 3 atom stereocenters. The second-order valence-electron chi connectivity index (χ2n) is 3.78. The Morgan fingerprint density at radius 1 is 1.59 bits per heavy atom. The number of thioether (sulfide) groups is 1. The maximum absolute atomic E-state index is 13.1. The van der Waals surface area contributed by atoms with E-state index in [1.165, 1.54) is 11.8 Å². The van der Waals surface area contributed by atoms with Crippen LogP contribution in [0.15, 0.2) is 15.8 Å². The molecule has 1 aromatic heterocycles. The molecule has 1 fully saturated rings. The molecule has 17 heavy (non-hydrogen) atoms. The number of aromatic nitrogens is 2. The molecule has 0 aliphatic carbocycles. The van der Waals surface area contributed by atoms with Gasteiger partial charge in [-0.25, -0.2) is 4.79 Å². The van der Waals surface area contributed by atoms with Crippen molar-refractivity contribution in [1.82, 2.24) is 9.55 Å². The lowest BCUT2D eigenvalue weighted by atomic mass is 10.2. The van der Waals surface area contributed by atoms with E-state index in [9.17, 15) is 19.1 Å². The standard InChI is InChI=1S/C9H11FN2O4S/c10-5-2-12(9(16)11-7(5)15)8-6(14)1-4(3-13)17-8/h2,4,6,8,13-14H,1,3H2,(H,11,15,16)/t4-,6-,8+/m0/s1. The highest BCUT2D eigenvalue weighted by Crippen LogP contribution is 2.40. The van der Waals surface area contributed by atoms with Crippen molar-refractivity contribution in [3.8, 4) is 0 Å². The van der Waals surface area contributed by atoms with Crippen LogP contribution in [0.3, 0.4) is 0 Å². The SMILES string of the molecule is O=c1[nH]c(=O)n([C@@H]2S[C@H](CO)C[C@@H]2O)cc1F. The van der Waals surface area contributed by atoms with E-state index in [2.05, 4.69) is 0 Å². The number of aromatic amines is 1. The maximum atomic E-state index is 13.1. The van der Waals surface area contributed by atoms with Crippen molar-refractivity contribution in [2.24, 2.45) is 0 Å². The van der Waals surface area contributed by atoms with Gasteiger partial charge in [0.25, 0.3) is 5.56 Å². The number of rotatable bonds is 2. The Morgan fingerprint density at radius 2 is 2.29 bits per heavy atom. The number of nitrogens with zero attached hydrogens (tertiary/aromatic N) is 1. The number of hydrogen-bond acceptors (Lipinski definition) is 5. The Hall–Kier alpha value is -1.12. The quantitative estimate of drug-likeness (QED) is 0.637. The summed E-state index contributed by atoms with van der Waals surface area (Å²) in [7, 11) is 0. The third-order valence-electron chi connectivity index (χ3n) is 2.57. The normalized spacial score (nSPS) is 28.5. The number of nitrogens with one attached hydrogen (secondary N) is 1. The van der Waals surface area contributed by atoms with E-state index in [1.54, 1.807) is 0 Å². The lowest BCUT2D eigenvalue weighted by Gasteiger charge is -2.16. The predicted octanol–water partition coefficient (Wildman–Crippen LogP) is -0.967. The molecule has 1 aromatic rings. The molecule has 2 heterocycles. The van der Waals surface area contributed by atoms with E-state index in [1.807, 2.05) is 4.98 Å². The summed E-state index contributed by atoms with van der Waals surface area (Å²) in [5.41, 5.74) is -1.85. The smallest absolute Gasteiger partial charge is 0.329 e. The Balaban J connectivity index is 2.38. The van der Waals surface area contributed by atoms with Crippen molar-refractivity contribution in [2.75, 3.05) is 6.61 Å². The molecule has 0 bridgehead atoms. The molecule has 0 aromatic carbocycles. The van der Waals surface area contributed by atoms with Crippen LogP contribution in [0.4, 0.5) is 4.39 Å². The Morgan fingerprint density at radius 3 is 2.88 bits per heavy atom. The molecule has 1 aliphatic heterocycles. The molecule has 0 saturated carbocycles. The lowest BCUT2D eigenvalue weighted by Crippen LogP contribution is -2.35. The zero-order valence-electron chi connectivity index (χ0n) is 8.67. The summed E-state index contributed by atoms with van der Waals surface area (Å²) >= 11 is 1.17. The molecule has 3 N–H and O–H groups in total. The van der Waals surface area contributed by atoms with Crippen molar-refractivity contribution >= 4 is 11.8 Å². The van der Waals surface area contributed by atoms with E-state index >= 15 is 0 Å². The fourth-order valence-corrected chi connectivity index (χ4v) is 3.12. The van der Waals surface area contributed by atoms with E-state index in [0.29, 0.717) is 6.42 Å². The molecule has 6 nitrogen and oxygen atoms in total. The van der Waals surface area contributed by atoms with Gasteiger partial charge in [0.15, 0.2) is 0 Å². The summed E-state index contributed by atoms with van der Waals surface area (Å²) < 4.78 is 14.0. The molecule has 8 heteroatoms. The van der Waals surface area contributed by atoms with Gasteiger partial charge in [0.05, 0.1) is 18.9 Å². The molecule has 1 saturated heterocycles. The predicted molar refractivity (Wildman–Crippen MR) is 59.4 cm³/mol. The Bertz CT molecular complexity index is 528. The van der Waals surface area contributed by atoms with Crippen molar-refractivity contribution in [2.45, 2.75) is 23.1 Å².